The highest BCUT2D eigenvalue weighted by Crippen LogP contribution is 2.63. The van der Waals surface area contributed by atoms with Crippen LogP contribution in [-0.4, -0.2) is 57.1 Å². The molecular formula is C27H31Cl2N5O3. The maximum atomic E-state index is 12.9. The molecule has 196 valence electrons. The van der Waals surface area contributed by atoms with E-state index in [0.717, 1.165) is 58.5 Å². The van der Waals surface area contributed by atoms with Crippen LogP contribution in [0.25, 0.3) is 16.8 Å². The number of nitrogens with one attached hydrogen (secondary N) is 1. The van der Waals surface area contributed by atoms with Gasteiger partial charge in [0.2, 0.25) is 11.8 Å². The molecule has 0 spiro atoms. The number of rotatable bonds is 5. The number of hydrogen-bond acceptors (Lipinski definition) is 6. The molecule has 2 saturated heterocycles. The van der Waals surface area contributed by atoms with Crippen molar-refractivity contribution < 1.29 is 14.3 Å². The van der Waals surface area contributed by atoms with E-state index in [4.69, 9.17) is 21.3 Å². The van der Waals surface area contributed by atoms with Crippen molar-refractivity contribution in [3.05, 3.63) is 51.9 Å². The molecule has 2 aromatic heterocycles. The van der Waals surface area contributed by atoms with Gasteiger partial charge < -0.3 is 10.1 Å². The molecule has 2 aliphatic heterocycles. The van der Waals surface area contributed by atoms with Crippen LogP contribution >= 0.6 is 24.0 Å². The lowest BCUT2D eigenvalue weighted by molar-refractivity contribution is -0.143. The Morgan fingerprint density at radius 3 is 2.59 bits per heavy atom. The molecule has 3 aliphatic rings. The molecular weight excluding hydrogens is 513 g/mol. The largest absolute Gasteiger partial charge is 0.375 e. The number of carbonyl (C=O) groups excluding carboxylic acids is 2. The number of likely N-dealkylation sites (tertiary alicyclic amines) is 1. The first-order valence-corrected chi connectivity index (χ1v) is 12.8. The molecule has 3 fully saturated rings. The zero-order valence-corrected chi connectivity index (χ0v) is 22.9. The first-order valence-electron chi connectivity index (χ1n) is 12.5. The fourth-order valence-electron chi connectivity index (χ4n) is 6.13. The summed E-state index contributed by atoms with van der Waals surface area (Å²) in [6.45, 7) is 10.7. The summed E-state index contributed by atoms with van der Waals surface area (Å²) in [5.41, 5.74) is 6.42. The zero-order valence-electron chi connectivity index (χ0n) is 21.4. The van der Waals surface area contributed by atoms with E-state index in [1.807, 2.05) is 39.1 Å². The maximum Gasteiger partial charge on any atom is 0.233 e. The Bertz CT molecular complexity index is 1390. The third-order valence-corrected chi connectivity index (χ3v) is 8.50. The summed E-state index contributed by atoms with van der Waals surface area (Å²) in [5.74, 6) is -0.507. The summed E-state index contributed by atoms with van der Waals surface area (Å²) >= 11 is 6.52. The summed E-state index contributed by atoms with van der Waals surface area (Å²) < 4.78 is 7.78. The predicted molar refractivity (Wildman–Crippen MR) is 143 cm³/mol. The van der Waals surface area contributed by atoms with E-state index in [1.54, 1.807) is 4.52 Å². The van der Waals surface area contributed by atoms with Crippen LogP contribution in [0.15, 0.2) is 24.7 Å². The molecule has 1 aromatic carbocycles. The van der Waals surface area contributed by atoms with Crippen LogP contribution in [0.1, 0.15) is 36.1 Å². The van der Waals surface area contributed by atoms with Crippen molar-refractivity contribution in [3.63, 3.8) is 0 Å². The molecule has 2 unspecified atom stereocenters. The van der Waals surface area contributed by atoms with Crippen molar-refractivity contribution in [1.82, 2.24) is 24.8 Å². The topological polar surface area (TPSA) is 88.8 Å². The molecule has 0 bridgehead atoms. The van der Waals surface area contributed by atoms with Crippen molar-refractivity contribution in [1.29, 1.82) is 0 Å². The number of aryl methyl sites for hydroxylation is 2. The predicted octanol–water partition coefficient (Wildman–Crippen LogP) is 3.76. The number of morpholine rings is 1. The van der Waals surface area contributed by atoms with Crippen LogP contribution in [0.3, 0.4) is 0 Å². The minimum absolute atomic E-state index is 0. The minimum atomic E-state index is -0.220. The summed E-state index contributed by atoms with van der Waals surface area (Å²) in [5, 5.41) is 8.49. The average molecular weight is 544 g/mol. The summed E-state index contributed by atoms with van der Waals surface area (Å²) in [6.07, 6.45) is 4.25. The third kappa shape index (κ3) is 4.14. The van der Waals surface area contributed by atoms with E-state index < -0.39 is 0 Å². The second-order valence-electron chi connectivity index (χ2n) is 10.9. The molecule has 3 atom stereocenters. The molecule has 3 aromatic rings. The quantitative estimate of drug-likeness (QED) is 0.493. The van der Waals surface area contributed by atoms with Crippen molar-refractivity contribution in [3.8, 4) is 11.3 Å². The molecule has 6 rings (SSSR count). The van der Waals surface area contributed by atoms with Gasteiger partial charge in [0, 0.05) is 36.3 Å². The molecule has 37 heavy (non-hydrogen) atoms. The highest BCUT2D eigenvalue weighted by Gasteiger charge is 2.72. The standard InChI is InChI=1S/C27H30ClN5O3.ClH/c1-14-7-17(28)8-20(19(14)9-18-10-29-5-6-36-18)23-24-15(2)16(12-33(24)31-13-30-23)11-32-25(34)21-22(26(32)35)27(21,3)4;/h7-8,12-13,18,21-22,29H,5-6,9-11H2,1-4H3;1H/t18-,21?,22?;/m1./s1. The van der Waals surface area contributed by atoms with E-state index in [9.17, 15) is 9.59 Å². The SMILES string of the molecule is Cc1cc(Cl)cc(-c2ncnn3cc(CN4C(=O)C5C(C4=O)C5(C)C)c(C)c23)c1C[C@@H]1CNCCO1.Cl. The number of imide groups is 1. The second-order valence-corrected chi connectivity index (χ2v) is 11.3. The third-order valence-electron chi connectivity index (χ3n) is 8.28. The molecule has 1 saturated carbocycles. The van der Waals surface area contributed by atoms with E-state index in [-0.39, 0.29) is 54.1 Å². The number of carbonyl (C=O) groups is 2. The van der Waals surface area contributed by atoms with Gasteiger partial charge in [-0.15, -0.1) is 12.4 Å². The van der Waals surface area contributed by atoms with E-state index in [2.05, 4.69) is 17.3 Å². The summed E-state index contributed by atoms with van der Waals surface area (Å²) in [7, 11) is 0. The number of aromatic nitrogens is 3. The Morgan fingerprint density at radius 2 is 1.92 bits per heavy atom. The molecule has 10 heteroatoms. The number of amides is 2. The van der Waals surface area contributed by atoms with Crippen LogP contribution < -0.4 is 5.32 Å². The van der Waals surface area contributed by atoms with Crippen LogP contribution in [0.5, 0.6) is 0 Å². The average Bonchev–Trinajstić information content (AvgIpc) is 3.12. The van der Waals surface area contributed by atoms with Gasteiger partial charge in [0.1, 0.15) is 6.33 Å². The van der Waals surface area contributed by atoms with E-state index in [0.29, 0.717) is 11.6 Å². The second kappa shape index (κ2) is 9.34. The molecule has 4 heterocycles. The Balaban J connectivity index is 0.00000280. The van der Waals surface area contributed by atoms with Gasteiger partial charge in [-0.3, -0.25) is 14.5 Å². The smallest absolute Gasteiger partial charge is 0.233 e. The first kappa shape index (κ1) is 26.1. The van der Waals surface area contributed by atoms with Crippen molar-refractivity contribution in [2.45, 2.75) is 46.8 Å². The van der Waals surface area contributed by atoms with Gasteiger partial charge in [-0.05, 0) is 53.6 Å². The fourth-order valence-corrected chi connectivity index (χ4v) is 6.40. The number of hydrogen-bond donors (Lipinski definition) is 1. The van der Waals surface area contributed by atoms with E-state index in [1.165, 1.54) is 11.2 Å². The molecule has 8 nitrogen and oxygen atoms in total. The van der Waals surface area contributed by atoms with Gasteiger partial charge in [-0.25, -0.2) is 9.50 Å². The summed E-state index contributed by atoms with van der Waals surface area (Å²) in [6, 6.07) is 3.93. The Hall–Kier alpha value is -2.52. The molecule has 0 radical (unpaired) electrons. The van der Waals surface area contributed by atoms with Crippen LogP contribution in [-0.2, 0) is 27.3 Å². The van der Waals surface area contributed by atoms with Crippen molar-refractivity contribution in [2.24, 2.45) is 17.3 Å². The highest BCUT2D eigenvalue weighted by molar-refractivity contribution is 6.31. The summed E-state index contributed by atoms with van der Waals surface area (Å²) in [4.78, 5) is 32.0. The number of ether oxygens (including phenoxy) is 1. The van der Waals surface area contributed by atoms with Gasteiger partial charge in [-0.2, -0.15) is 5.10 Å². The van der Waals surface area contributed by atoms with Crippen molar-refractivity contribution in [2.75, 3.05) is 19.7 Å². The van der Waals surface area contributed by atoms with Gasteiger partial charge in [-0.1, -0.05) is 25.4 Å². The Labute approximate surface area is 227 Å². The van der Waals surface area contributed by atoms with Gasteiger partial charge in [0.25, 0.3) is 0 Å². The Kier molecular flexibility index (Phi) is 6.59. The number of piperidine rings is 1. The lowest BCUT2D eigenvalue weighted by Crippen LogP contribution is -2.39. The minimum Gasteiger partial charge on any atom is -0.375 e. The highest BCUT2D eigenvalue weighted by atomic mass is 35.5. The van der Waals surface area contributed by atoms with E-state index >= 15 is 0 Å². The Morgan fingerprint density at radius 1 is 1.19 bits per heavy atom. The molecule has 2 amide bonds. The number of benzene rings is 1. The van der Waals surface area contributed by atoms with Crippen molar-refractivity contribution >= 4 is 41.3 Å². The fraction of sp³-hybridized carbons (Fsp3) is 0.481. The molecule has 1 N–H and O–H groups in total. The first-order chi connectivity index (χ1) is 17.2. The van der Waals surface area contributed by atoms with Crippen LogP contribution in [0.2, 0.25) is 5.02 Å². The monoisotopic (exact) mass is 543 g/mol. The van der Waals surface area contributed by atoms with Gasteiger partial charge in [0.05, 0.1) is 42.3 Å². The lowest BCUT2D eigenvalue weighted by Gasteiger charge is -2.25. The molecule has 1 aliphatic carbocycles. The number of nitrogens with zero attached hydrogens (tertiary/aromatic N) is 4. The van der Waals surface area contributed by atoms with Crippen LogP contribution in [0, 0.1) is 31.1 Å². The normalized spacial score (nSPS) is 24.4. The zero-order chi connectivity index (χ0) is 25.4. The maximum absolute atomic E-state index is 12.9. The van der Waals surface area contributed by atoms with Gasteiger partial charge >= 0.3 is 0 Å². The van der Waals surface area contributed by atoms with Gasteiger partial charge in [0.15, 0.2) is 0 Å². The lowest BCUT2D eigenvalue weighted by atomic mass is 9.93. The number of halogens is 2. The number of fused-ring (bicyclic) bond motifs is 2. The van der Waals surface area contributed by atoms with Crippen LogP contribution in [0.4, 0.5) is 0 Å².